The van der Waals surface area contributed by atoms with Gasteiger partial charge in [-0.25, -0.2) is 0 Å². The normalized spacial score (nSPS) is 30.6. The van der Waals surface area contributed by atoms with Crippen molar-refractivity contribution < 1.29 is 0 Å². The molecular weight excluding hydrogens is 393 g/mol. The number of benzene rings is 1. The van der Waals surface area contributed by atoms with E-state index in [0.717, 1.165) is 18.4 Å². The van der Waals surface area contributed by atoms with Crippen molar-refractivity contribution in [1.82, 2.24) is 4.90 Å². The van der Waals surface area contributed by atoms with Gasteiger partial charge in [-0.1, -0.05) is 35.3 Å². The highest BCUT2D eigenvalue weighted by Gasteiger charge is 2.58. The maximum atomic E-state index is 10.1. The van der Waals surface area contributed by atoms with Crippen LogP contribution in [0.25, 0.3) is 0 Å². The molecule has 0 aromatic heterocycles. The number of rotatable bonds is 1. The van der Waals surface area contributed by atoms with Crippen LogP contribution in [0.5, 0.6) is 0 Å². The second kappa shape index (κ2) is 6.54. The fraction of sp³-hybridized carbons (Fsp3) is 0.381. The molecule has 1 saturated heterocycles. The summed E-state index contributed by atoms with van der Waals surface area (Å²) in [5.74, 6) is -0.828. The number of halogens is 2. The molecule has 4 rings (SSSR count). The molecule has 140 valence electrons. The smallest absolute Gasteiger partial charge is 0.191 e. The minimum absolute atomic E-state index is 0.0162. The van der Waals surface area contributed by atoms with Crippen molar-refractivity contribution >= 4 is 23.2 Å². The zero-order chi connectivity index (χ0) is 20.2. The molecule has 2 heterocycles. The Hall–Kier alpha value is -2.49. The molecule has 4 atom stereocenters. The van der Waals surface area contributed by atoms with Gasteiger partial charge in [0.05, 0.1) is 23.4 Å². The number of nitrogens with two attached hydrogens (primary N) is 1. The number of fused-ring (bicyclic) bond motifs is 4. The van der Waals surface area contributed by atoms with Crippen LogP contribution in [0, 0.1) is 45.3 Å². The van der Waals surface area contributed by atoms with Crippen molar-refractivity contribution in [3.8, 4) is 18.2 Å². The Kier molecular flexibility index (Phi) is 4.40. The molecule has 1 aliphatic carbocycles. The van der Waals surface area contributed by atoms with Crippen LogP contribution in [0.15, 0.2) is 41.1 Å². The van der Waals surface area contributed by atoms with Gasteiger partial charge in [-0.15, -0.1) is 0 Å². The summed E-state index contributed by atoms with van der Waals surface area (Å²) in [6.45, 7) is 0. The Balaban J connectivity index is 2.07. The molecule has 28 heavy (non-hydrogen) atoms. The third kappa shape index (κ3) is 2.33. The summed E-state index contributed by atoms with van der Waals surface area (Å²) in [5, 5.41) is 31.0. The summed E-state index contributed by atoms with van der Waals surface area (Å²) < 4.78 is 0. The van der Waals surface area contributed by atoms with Gasteiger partial charge in [0, 0.05) is 34.0 Å². The van der Waals surface area contributed by atoms with E-state index < -0.39 is 11.3 Å². The van der Waals surface area contributed by atoms with Gasteiger partial charge in [0.2, 0.25) is 0 Å². The molecule has 0 radical (unpaired) electrons. The highest BCUT2D eigenvalue weighted by atomic mass is 35.5. The molecular formula is C21H17Cl2N5. The lowest BCUT2D eigenvalue weighted by atomic mass is 9.56. The third-order valence-corrected chi connectivity index (χ3v) is 7.08. The number of hydrogen-bond acceptors (Lipinski definition) is 5. The fourth-order valence-corrected chi connectivity index (χ4v) is 5.71. The van der Waals surface area contributed by atoms with Gasteiger partial charge < -0.3 is 5.73 Å². The van der Waals surface area contributed by atoms with Crippen LogP contribution >= 0.6 is 23.2 Å². The van der Waals surface area contributed by atoms with Gasteiger partial charge in [-0.2, -0.15) is 15.8 Å². The van der Waals surface area contributed by atoms with Crippen molar-refractivity contribution in [3.63, 3.8) is 0 Å². The molecule has 1 aromatic rings. The van der Waals surface area contributed by atoms with Crippen LogP contribution in [0.4, 0.5) is 0 Å². The Labute approximate surface area is 173 Å². The Morgan fingerprint density at radius 1 is 1.18 bits per heavy atom. The van der Waals surface area contributed by atoms with E-state index in [1.165, 1.54) is 0 Å². The van der Waals surface area contributed by atoms with Crippen LogP contribution in [0.3, 0.4) is 0 Å². The first-order valence-electron chi connectivity index (χ1n) is 9.01. The van der Waals surface area contributed by atoms with E-state index in [9.17, 15) is 15.8 Å². The van der Waals surface area contributed by atoms with Gasteiger partial charge in [-0.3, -0.25) is 4.90 Å². The summed E-state index contributed by atoms with van der Waals surface area (Å²) in [6.07, 6.45) is 3.96. The van der Waals surface area contributed by atoms with Crippen molar-refractivity contribution in [2.24, 2.45) is 17.1 Å². The summed E-state index contributed by atoms with van der Waals surface area (Å²) in [4.78, 5) is 2.26. The minimum Gasteiger partial charge on any atom is -0.399 e. The van der Waals surface area contributed by atoms with E-state index in [2.05, 4.69) is 29.2 Å². The lowest BCUT2D eigenvalue weighted by Gasteiger charge is -2.48. The SMILES string of the molecule is CN1[C@@H]2CC[C@@H]1C=C1C(C#N)=C(N)C(C#N)(C#N)[C@H](c3ccc(Cl)cc3Cl)[C@@H]12. The summed E-state index contributed by atoms with van der Waals surface area (Å²) >= 11 is 12.6. The number of nitrogens with zero attached hydrogens (tertiary/aromatic N) is 4. The van der Waals surface area contributed by atoms with Crippen molar-refractivity contribution in [2.45, 2.75) is 30.8 Å². The van der Waals surface area contributed by atoms with Crippen LogP contribution in [-0.2, 0) is 0 Å². The predicted octanol–water partition coefficient (Wildman–Crippen LogP) is 3.88. The Bertz CT molecular complexity index is 1040. The first kappa shape index (κ1) is 18.9. The summed E-state index contributed by atoms with van der Waals surface area (Å²) in [6, 6.07) is 11.9. The quantitative estimate of drug-likeness (QED) is 0.757. The summed E-state index contributed by atoms with van der Waals surface area (Å²) in [5.41, 5.74) is 6.43. The molecule has 0 unspecified atom stereocenters. The van der Waals surface area contributed by atoms with E-state index in [1.807, 2.05) is 7.05 Å². The molecule has 1 aromatic carbocycles. The molecule has 7 heteroatoms. The highest BCUT2D eigenvalue weighted by Crippen LogP contribution is 2.59. The van der Waals surface area contributed by atoms with E-state index in [-0.39, 0.29) is 29.3 Å². The molecule has 3 aliphatic rings. The molecule has 0 spiro atoms. The highest BCUT2D eigenvalue weighted by molar-refractivity contribution is 6.35. The third-order valence-electron chi connectivity index (χ3n) is 6.52. The van der Waals surface area contributed by atoms with Gasteiger partial charge in [0.1, 0.15) is 6.07 Å². The number of hydrogen-bond donors (Lipinski definition) is 1. The molecule has 0 saturated carbocycles. The Morgan fingerprint density at radius 3 is 2.50 bits per heavy atom. The Morgan fingerprint density at radius 2 is 1.89 bits per heavy atom. The molecule has 2 aliphatic heterocycles. The monoisotopic (exact) mass is 409 g/mol. The molecule has 5 nitrogen and oxygen atoms in total. The zero-order valence-electron chi connectivity index (χ0n) is 15.2. The van der Waals surface area contributed by atoms with Gasteiger partial charge >= 0.3 is 0 Å². The van der Waals surface area contributed by atoms with Crippen LogP contribution in [-0.4, -0.2) is 24.0 Å². The van der Waals surface area contributed by atoms with Gasteiger partial charge in [-0.05, 0) is 43.2 Å². The summed E-state index contributed by atoms with van der Waals surface area (Å²) in [7, 11) is 2.05. The zero-order valence-corrected chi connectivity index (χ0v) is 16.7. The van der Waals surface area contributed by atoms with Crippen molar-refractivity contribution in [1.29, 1.82) is 15.8 Å². The van der Waals surface area contributed by atoms with Crippen LogP contribution in [0.2, 0.25) is 10.0 Å². The van der Waals surface area contributed by atoms with Crippen LogP contribution < -0.4 is 5.73 Å². The predicted molar refractivity (Wildman–Crippen MR) is 106 cm³/mol. The lowest BCUT2D eigenvalue weighted by molar-refractivity contribution is 0.160. The first-order chi connectivity index (χ1) is 13.4. The second-order valence-corrected chi connectivity index (χ2v) is 8.44. The first-order valence-corrected chi connectivity index (χ1v) is 9.77. The standard InChI is InChI=1S/C21H17Cl2N5/c1-28-12-3-5-17(28)18-14(7-12)15(8-24)20(27)21(9-25,10-26)19(18)13-4-2-11(22)6-16(13)23/h2,4,6-7,12,17-19H,3,5,27H2,1H3/t12-,17-,18+,19-/m1/s1. The minimum atomic E-state index is -1.68. The van der Waals surface area contributed by atoms with Gasteiger partial charge in [0.15, 0.2) is 5.41 Å². The second-order valence-electron chi connectivity index (χ2n) is 7.60. The number of nitriles is 3. The van der Waals surface area contributed by atoms with Crippen LogP contribution in [0.1, 0.15) is 24.3 Å². The van der Waals surface area contributed by atoms with E-state index >= 15 is 0 Å². The maximum absolute atomic E-state index is 10.1. The molecule has 2 bridgehead atoms. The van der Waals surface area contributed by atoms with Crippen molar-refractivity contribution in [3.05, 3.63) is 56.7 Å². The van der Waals surface area contributed by atoms with Crippen molar-refractivity contribution in [2.75, 3.05) is 7.05 Å². The number of allylic oxidation sites excluding steroid dienone is 2. The average Bonchev–Trinajstić information content (AvgIpc) is 2.91. The van der Waals surface area contributed by atoms with Gasteiger partial charge in [0.25, 0.3) is 0 Å². The largest absolute Gasteiger partial charge is 0.399 e. The molecule has 0 amide bonds. The topological polar surface area (TPSA) is 101 Å². The maximum Gasteiger partial charge on any atom is 0.191 e. The molecule has 2 N–H and O–H groups in total. The molecule has 1 fully saturated rings. The van der Waals surface area contributed by atoms with E-state index in [4.69, 9.17) is 28.9 Å². The van der Waals surface area contributed by atoms with E-state index in [1.54, 1.807) is 18.2 Å². The van der Waals surface area contributed by atoms with E-state index in [0.29, 0.717) is 15.6 Å². The number of likely N-dealkylation sites (N-methyl/N-ethyl adjacent to an activating group) is 1. The average molecular weight is 410 g/mol. The lowest BCUT2D eigenvalue weighted by Crippen LogP contribution is -2.51. The fourth-order valence-electron chi connectivity index (χ4n) is 5.19.